The van der Waals surface area contributed by atoms with Gasteiger partial charge in [-0.2, -0.15) is 0 Å². The van der Waals surface area contributed by atoms with Crippen LogP contribution in [0.4, 0.5) is 4.79 Å². The molecule has 2 fully saturated rings. The number of urea groups is 1. The topological polar surface area (TPSA) is 79.5 Å². The predicted octanol–water partition coefficient (Wildman–Crippen LogP) is 0.239. The summed E-state index contributed by atoms with van der Waals surface area (Å²) in [4.78, 5) is 23.2. The highest BCUT2D eigenvalue weighted by molar-refractivity contribution is 5.78. The molecule has 3 amide bonds. The number of rotatable bonds is 5. The molecule has 2 aliphatic rings. The van der Waals surface area contributed by atoms with E-state index in [0.717, 1.165) is 13.0 Å². The lowest BCUT2D eigenvalue weighted by Gasteiger charge is -2.54. The molecule has 116 valence electrons. The van der Waals surface area contributed by atoms with E-state index in [1.165, 1.54) is 0 Å². The average molecular weight is 293 g/mol. The molecule has 3 unspecified atom stereocenters. The molecule has 2 rings (SSSR count). The van der Waals surface area contributed by atoms with E-state index in [1.807, 2.05) is 0 Å². The van der Waals surface area contributed by atoms with Crippen LogP contribution in [0, 0.1) is 23.7 Å². The zero-order chi connectivity index (χ0) is 15.5. The van der Waals surface area contributed by atoms with Crippen LogP contribution in [0.3, 0.4) is 0 Å². The quantitative estimate of drug-likeness (QED) is 0.635. The van der Waals surface area contributed by atoms with Crippen LogP contribution in [-0.2, 0) is 9.53 Å². The molecule has 0 aromatic heterocycles. The molecule has 0 aromatic rings. The van der Waals surface area contributed by atoms with Crippen molar-refractivity contribution in [3.63, 3.8) is 0 Å². The van der Waals surface area contributed by atoms with Gasteiger partial charge in [0.2, 0.25) is 5.91 Å². The van der Waals surface area contributed by atoms with Crippen LogP contribution >= 0.6 is 0 Å². The molecule has 0 radical (unpaired) electrons. The third kappa shape index (κ3) is 3.30. The lowest BCUT2D eigenvalue weighted by Crippen LogP contribution is -2.67. The van der Waals surface area contributed by atoms with Gasteiger partial charge in [0.1, 0.15) is 0 Å². The minimum atomic E-state index is -0.233. The number of fused-ring (bicyclic) bond motifs is 1. The number of amides is 3. The maximum Gasteiger partial charge on any atom is 0.315 e. The number of hydrogen-bond acceptors (Lipinski definition) is 3. The highest BCUT2D eigenvalue weighted by Gasteiger charge is 2.59. The van der Waals surface area contributed by atoms with Crippen molar-refractivity contribution in [1.29, 1.82) is 0 Å². The summed E-state index contributed by atoms with van der Waals surface area (Å²) in [5, 5.41) is 8.25. The standard InChI is InChI=1S/C15H23N3O3/c1-4-7-16-11(19)5-8-17-14(20)18-12-10-6-9-21-13(10)15(12,2)3/h1,10,12-13H,5-9H2,2-3H3,(H,16,19)(H2,17,18,20). The molecule has 3 atom stereocenters. The van der Waals surface area contributed by atoms with Crippen LogP contribution in [0.5, 0.6) is 0 Å². The monoisotopic (exact) mass is 293 g/mol. The van der Waals surface area contributed by atoms with Gasteiger partial charge in [0.05, 0.1) is 12.6 Å². The second kappa shape index (κ2) is 6.35. The number of carbonyl (C=O) groups excluding carboxylic acids is 2. The number of nitrogens with one attached hydrogen (secondary N) is 3. The number of ether oxygens (including phenoxy) is 1. The van der Waals surface area contributed by atoms with Crippen molar-refractivity contribution in [1.82, 2.24) is 16.0 Å². The highest BCUT2D eigenvalue weighted by atomic mass is 16.5. The molecule has 1 aliphatic carbocycles. The Morgan fingerprint density at radius 2 is 2.14 bits per heavy atom. The molecule has 1 heterocycles. The second-order valence-corrected chi connectivity index (χ2v) is 6.17. The van der Waals surface area contributed by atoms with Gasteiger partial charge in [0, 0.05) is 36.9 Å². The van der Waals surface area contributed by atoms with E-state index in [4.69, 9.17) is 11.2 Å². The second-order valence-electron chi connectivity index (χ2n) is 6.17. The van der Waals surface area contributed by atoms with Crippen molar-refractivity contribution in [3.05, 3.63) is 0 Å². The van der Waals surface area contributed by atoms with Gasteiger partial charge in [-0.05, 0) is 6.42 Å². The molecule has 1 aliphatic heterocycles. The molecule has 1 saturated heterocycles. The summed E-state index contributed by atoms with van der Waals surface area (Å²) in [5.41, 5.74) is -0.0390. The third-order valence-corrected chi connectivity index (χ3v) is 4.41. The molecule has 1 saturated carbocycles. The fourth-order valence-electron chi connectivity index (χ4n) is 3.34. The Kier molecular flexibility index (Phi) is 4.73. The largest absolute Gasteiger partial charge is 0.377 e. The van der Waals surface area contributed by atoms with Crippen LogP contribution in [-0.4, -0.2) is 43.8 Å². The minimum Gasteiger partial charge on any atom is -0.377 e. The summed E-state index contributed by atoms with van der Waals surface area (Å²) >= 11 is 0. The maximum absolute atomic E-state index is 11.9. The molecule has 0 aromatic carbocycles. The molecular weight excluding hydrogens is 270 g/mol. The zero-order valence-corrected chi connectivity index (χ0v) is 12.6. The van der Waals surface area contributed by atoms with Gasteiger partial charge in [-0.3, -0.25) is 4.79 Å². The minimum absolute atomic E-state index is 0.0390. The molecule has 0 bridgehead atoms. The number of hydrogen-bond donors (Lipinski definition) is 3. The van der Waals surface area contributed by atoms with Gasteiger partial charge in [-0.15, -0.1) is 6.42 Å². The van der Waals surface area contributed by atoms with Crippen molar-refractivity contribution in [2.24, 2.45) is 11.3 Å². The Hall–Kier alpha value is -1.74. The fourth-order valence-corrected chi connectivity index (χ4v) is 3.34. The Bertz CT molecular complexity index is 456. The van der Waals surface area contributed by atoms with Gasteiger partial charge in [-0.25, -0.2) is 4.79 Å². The van der Waals surface area contributed by atoms with Crippen molar-refractivity contribution in [2.75, 3.05) is 19.7 Å². The molecule has 21 heavy (non-hydrogen) atoms. The summed E-state index contributed by atoms with van der Waals surface area (Å²) in [6.07, 6.45) is 6.51. The molecule has 3 N–H and O–H groups in total. The predicted molar refractivity (Wildman–Crippen MR) is 78.4 cm³/mol. The van der Waals surface area contributed by atoms with Crippen LogP contribution in [0.15, 0.2) is 0 Å². The zero-order valence-electron chi connectivity index (χ0n) is 12.6. The summed E-state index contributed by atoms with van der Waals surface area (Å²) < 4.78 is 5.69. The van der Waals surface area contributed by atoms with E-state index >= 15 is 0 Å². The van der Waals surface area contributed by atoms with E-state index in [1.54, 1.807) is 0 Å². The van der Waals surface area contributed by atoms with E-state index in [-0.39, 0.29) is 42.5 Å². The Morgan fingerprint density at radius 1 is 1.38 bits per heavy atom. The number of terminal acetylenes is 1. The van der Waals surface area contributed by atoms with Gasteiger partial charge in [0.15, 0.2) is 0 Å². The molecule has 0 spiro atoms. The first-order valence-electron chi connectivity index (χ1n) is 7.33. The Labute approximate surface area is 125 Å². The van der Waals surface area contributed by atoms with Crippen LogP contribution in [0.1, 0.15) is 26.7 Å². The SMILES string of the molecule is C#CCNC(=O)CCNC(=O)NC1C2CCOC2C1(C)C. The number of carbonyl (C=O) groups is 2. The molecule has 6 nitrogen and oxygen atoms in total. The summed E-state index contributed by atoms with van der Waals surface area (Å²) in [5.74, 6) is 2.57. The molecule has 6 heteroatoms. The van der Waals surface area contributed by atoms with Gasteiger partial charge >= 0.3 is 6.03 Å². The van der Waals surface area contributed by atoms with Crippen molar-refractivity contribution in [2.45, 2.75) is 38.8 Å². The smallest absolute Gasteiger partial charge is 0.315 e. The lowest BCUT2D eigenvalue weighted by atomic mass is 9.57. The fraction of sp³-hybridized carbons (Fsp3) is 0.733. The van der Waals surface area contributed by atoms with Crippen molar-refractivity contribution < 1.29 is 14.3 Å². The van der Waals surface area contributed by atoms with Gasteiger partial charge in [0.25, 0.3) is 0 Å². The van der Waals surface area contributed by atoms with Crippen LogP contribution in [0.2, 0.25) is 0 Å². The lowest BCUT2D eigenvalue weighted by molar-refractivity contribution is -0.120. The van der Waals surface area contributed by atoms with Gasteiger partial charge < -0.3 is 20.7 Å². The third-order valence-electron chi connectivity index (χ3n) is 4.41. The Morgan fingerprint density at radius 3 is 2.86 bits per heavy atom. The maximum atomic E-state index is 11.9. The first kappa shape index (κ1) is 15.6. The Balaban J connectivity index is 1.68. The van der Waals surface area contributed by atoms with Crippen molar-refractivity contribution >= 4 is 11.9 Å². The van der Waals surface area contributed by atoms with E-state index in [2.05, 4.69) is 35.7 Å². The average Bonchev–Trinajstić information content (AvgIpc) is 2.89. The van der Waals surface area contributed by atoms with E-state index in [0.29, 0.717) is 12.5 Å². The first-order chi connectivity index (χ1) is 9.96. The first-order valence-corrected chi connectivity index (χ1v) is 7.33. The molecular formula is C15H23N3O3. The summed E-state index contributed by atoms with van der Waals surface area (Å²) in [7, 11) is 0. The van der Waals surface area contributed by atoms with Crippen molar-refractivity contribution in [3.8, 4) is 12.3 Å². The van der Waals surface area contributed by atoms with Crippen LogP contribution in [0.25, 0.3) is 0 Å². The highest BCUT2D eigenvalue weighted by Crippen LogP contribution is 2.51. The van der Waals surface area contributed by atoms with E-state index in [9.17, 15) is 9.59 Å². The van der Waals surface area contributed by atoms with E-state index < -0.39 is 0 Å². The summed E-state index contributed by atoms with van der Waals surface area (Å²) in [6, 6.07) is -0.108. The van der Waals surface area contributed by atoms with Crippen LogP contribution < -0.4 is 16.0 Å². The van der Waals surface area contributed by atoms with Gasteiger partial charge in [-0.1, -0.05) is 19.8 Å². The normalized spacial score (nSPS) is 28.7. The summed E-state index contributed by atoms with van der Waals surface area (Å²) in [6.45, 7) is 5.49.